The average molecular weight is 331 g/mol. The fraction of sp³-hybridized carbons (Fsp3) is 0.739. The highest BCUT2D eigenvalue weighted by Crippen LogP contribution is 2.39. The van der Waals surface area contributed by atoms with E-state index < -0.39 is 0 Å². The Hall–Kier alpha value is -0.850. The minimum atomic E-state index is -0.115. The molecule has 0 aromatic heterocycles. The van der Waals surface area contributed by atoms with Crippen LogP contribution >= 0.6 is 0 Å². The second-order valence-electron chi connectivity index (χ2n) is 8.63. The van der Waals surface area contributed by atoms with Gasteiger partial charge in [0.15, 0.2) is 0 Å². The summed E-state index contributed by atoms with van der Waals surface area (Å²) >= 11 is 0. The molecule has 2 saturated carbocycles. The SMILES string of the molecule is CCCC1CCC(C[C@H]2CC[C@H](Cc3ccc(F)cc3)CC2)CC1. The summed E-state index contributed by atoms with van der Waals surface area (Å²) in [6.45, 7) is 2.33. The van der Waals surface area contributed by atoms with Gasteiger partial charge in [0.25, 0.3) is 0 Å². The maximum absolute atomic E-state index is 13.0. The van der Waals surface area contributed by atoms with Crippen molar-refractivity contribution in [2.24, 2.45) is 23.7 Å². The van der Waals surface area contributed by atoms with E-state index in [1.54, 1.807) is 12.1 Å². The van der Waals surface area contributed by atoms with E-state index in [0.717, 1.165) is 30.1 Å². The standard InChI is InChI=1S/C23H35F/c1-2-3-18-4-6-19(7-5-18)16-20-8-10-21(11-9-20)17-22-12-14-23(24)15-13-22/h12-15,18-21H,2-11,16-17H2,1H3/t18?,19?,20-,21-. The lowest BCUT2D eigenvalue weighted by Gasteiger charge is -2.34. The van der Waals surface area contributed by atoms with E-state index in [9.17, 15) is 4.39 Å². The molecule has 2 aliphatic carbocycles. The zero-order valence-electron chi connectivity index (χ0n) is 15.5. The zero-order chi connectivity index (χ0) is 16.8. The van der Waals surface area contributed by atoms with Gasteiger partial charge in [0, 0.05) is 0 Å². The van der Waals surface area contributed by atoms with Crippen LogP contribution in [0.2, 0.25) is 0 Å². The van der Waals surface area contributed by atoms with Crippen LogP contribution in [0.3, 0.4) is 0 Å². The van der Waals surface area contributed by atoms with Crippen LogP contribution in [0.5, 0.6) is 0 Å². The lowest BCUT2D eigenvalue weighted by Crippen LogP contribution is -2.21. The predicted molar refractivity (Wildman–Crippen MR) is 101 cm³/mol. The second-order valence-corrected chi connectivity index (χ2v) is 8.63. The van der Waals surface area contributed by atoms with E-state index in [1.807, 2.05) is 12.1 Å². The van der Waals surface area contributed by atoms with Gasteiger partial charge >= 0.3 is 0 Å². The molecule has 2 aliphatic rings. The molecule has 1 aromatic rings. The highest BCUT2D eigenvalue weighted by atomic mass is 19.1. The van der Waals surface area contributed by atoms with Gasteiger partial charge in [-0.05, 0) is 67.1 Å². The van der Waals surface area contributed by atoms with E-state index in [0.29, 0.717) is 0 Å². The fourth-order valence-electron chi connectivity index (χ4n) is 5.26. The van der Waals surface area contributed by atoms with Crippen LogP contribution in [0.1, 0.15) is 83.1 Å². The summed E-state index contributed by atoms with van der Waals surface area (Å²) < 4.78 is 13.0. The topological polar surface area (TPSA) is 0 Å². The molecule has 0 unspecified atom stereocenters. The van der Waals surface area contributed by atoms with Crippen LogP contribution in [-0.2, 0) is 6.42 Å². The molecule has 134 valence electrons. The van der Waals surface area contributed by atoms with Crippen LogP contribution in [0.25, 0.3) is 0 Å². The number of hydrogen-bond acceptors (Lipinski definition) is 0. The Kier molecular flexibility index (Phi) is 6.75. The molecule has 1 heteroatoms. The number of benzene rings is 1. The van der Waals surface area contributed by atoms with Gasteiger partial charge in [-0.3, -0.25) is 0 Å². The summed E-state index contributed by atoms with van der Waals surface area (Å²) in [5, 5.41) is 0. The van der Waals surface area contributed by atoms with E-state index >= 15 is 0 Å². The van der Waals surface area contributed by atoms with Crippen LogP contribution in [-0.4, -0.2) is 0 Å². The molecule has 0 bridgehead atoms. The van der Waals surface area contributed by atoms with Crippen molar-refractivity contribution in [3.63, 3.8) is 0 Å². The smallest absolute Gasteiger partial charge is 0.123 e. The van der Waals surface area contributed by atoms with E-state index in [-0.39, 0.29) is 5.82 Å². The maximum atomic E-state index is 13.0. The predicted octanol–water partition coefficient (Wildman–Crippen LogP) is 7.17. The molecule has 2 fully saturated rings. The van der Waals surface area contributed by atoms with E-state index in [1.165, 1.54) is 76.2 Å². The minimum absolute atomic E-state index is 0.115. The molecule has 0 N–H and O–H groups in total. The van der Waals surface area contributed by atoms with Gasteiger partial charge < -0.3 is 0 Å². The number of halogens is 1. The third kappa shape index (κ3) is 5.33. The van der Waals surface area contributed by atoms with Crippen molar-refractivity contribution in [1.82, 2.24) is 0 Å². The Morgan fingerprint density at radius 1 is 0.750 bits per heavy atom. The molecule has 0 amide bonds. The molecule has 0 aliphatic heterocycles. The Morgan fingerprint density at radius 2 is 1.25 bits per heavy atom. The Morgan fingerprint density at radius 3 is 1.79 bits per heavy atom. The molecular formula is C23H35F. The Bertz CT molecular complexity index is 461. The summed E-state index contributed by atoms with van der Waals surface area (Å²) in [4.78, 5) is 0. The molecule has 3 rings (SSSR count). The zero-order valence-corrected chi connectivity index (χ0v) is 15.5. The fourth-order valence-corrected chi connectivity index (χ4v) is 5.26. The summed E-state index contributed by atoms with van der Waals surface area (Å²) in [7, 11) is 0. The van der Waals surface area contributed by atoms with Crippen LogP contribution in [0.15, 0.2) is 24.3 Å². The van der Waals surface area contributed by atoms with E-state index in [4.69, 9.17) is 0 Å². The third-order valence-corrected chi connectivity index (χ3v) is 6.73. The summed E-state index contributed by atoms with van der Waals surface area (Å²) in [6.07, 6.45) is 17.1. The van der Waals surface area contributed by atoms with Gasteiger partial charge in [-0.1, -0.05) is 70.4 Å². The monoisotopic (exact) mass is 330 g/mol. The molecular weight excluding hydrogens is 295 g/mol. The van der Waals surface area contributed by atoms with Crippen molar-refractivity contribution in [1.29, 1.82) is 0 Å². The first-order valence-corrected chi connectivity index (χ1v) is 10.5. The summed E-state index contributed by atoms with van der Waals surface area (Å²) in [5.74, 6) is 3.76. The first-order chi connectivity index (χ1) is 11.7. The van der Waals surface area contributed by atoms with Gasteiger partial charge in [0.1, 0.15) is 5.82 Å². The molecule has 0 atom stereocenters. The summed E-state index contributed by atoms with van der Waals surface area (Å²) in [5.41, 5.74) is 1.31. The van der Waals surface area contributed by atoms with Gasteiger partial charge in [-0.15, -0.1) is 0 Å². The molecule has 24 heavy (non-hydrogen) atoms. The van der Waals surface area contributed by atoms with Crippen LogP contribution in [0, 0.1) is 29.5 Å². The lowest BCUT2D eigenvalue weighted by molar-refractivity contribution is 0.187. The van der Waals surface area contributed by atoms with Crippen molar-refractivity contribution >= 4 is 0 Å². The third-order valence-electron chi connectivity index (χ3n) is 6.73. The maximum Gasteiger partial charge on any atom is 0.123 e. The number of rotatable bonds is 6. The van der Waals surface area contributed by atoms with Crippen LogP contribution < -0.4 is 0 Å². The van der Waals surface area contributed by atoms with Gasteiger partial charge in [0.05, 0.1) is 0 Å². The highest BCUT2D eigenvalue weighted by Gasteiger charge is 2.26. The quantitative estimate of drug-likeness (QED) is 0.518. The van der Waals surface area contributed by atoms with Crippen molar-refractivity contribution in [3.8, 4) is 0 Å². The molecule has 0 nitrogen and oxygen atoms in total. The van der Waals surface area contributed by atoms with Crippen molar-refractivity contribution < 1.29 is 4.39 Å². The molecule has 1 aromatic carbocycles. The Balaban J connectivity index is 1.36. The van der Waals surface area contributed by atoms with E-state index in [2.05, 4.69) is 6.92 Å². The summed E-state index contributed by atoms with van der Waals surface area (Å²) in [6, 6.07) is 7.15. The minimum Gasteiger partial charge on any atom is -0.207 e. The molecule has 0 radical (unpaired) electrons. The lowest BCUT2D eigenvalue weighted by atomic mass is 9.72. The van der Waals surface area contributed by atoms with Crippen molar-refractivity contribution in [2.45, 2.75) is 84.0 Å². The number of hydrogen-bond donors (Lipinski definition) is 0. The Labute approximate surface area is 148 Å². The molecule has 0 spiro atoms. The second kappa shape index (κ2) is 9.02. The molecule has 0 heterocycles. The normalized spacial score (nSPS) is 31.1. The van der Waals surface area contributed by atoms with Crippen LogP contribution in [0.4, 0.5) is 4.39 Å². The highest BCUT2D eigenvalue weighted by molar-refractivity contribution is 5.16. The van der Waals surface area contributed by atoms with Gasteiger partial charge in [-0.25, -0.2) is 4.39 Å². The average Bonchev–Trinajstić information content (AvgIpc) is 2.61. The molecule has 0 saturated heterocycles. The van der Waals surface area contributed by atoms with Gasteiger partial charge in [0.2, 0.25) is 0 Å². The first kappa shape index (κ1) is 18.0. The van der Waals surface area contributed by atoms with Crippen molar-refractivity contribution in [3.05, 3.63) is 35.6 Å². The largest absolute Gasteiger partial charge is 0.207 e. The van der Waals surface area contributed by atoms with Crippen molar-refractivity contribution in [2.75, 3.05) is 0 Å². The first-order valence-electron chi connectivity index (χ1n) is 10.5. The van der Waals surface area contributed by atoms with Gasteiger partial charge in [-0.2, -0.15) is 0 Å².